The van der Waals surface area contributed by atoms with Crippen LogP contribution in [-0.2, 0) is 11.2 Å². The van der Waals surface area contributed by atoms with Gasteiger partial charge in [0.05, 0.1) is 6.42 Å². The zero-order chi connectivity index (χ0) is 17.5. The van der Waals surface area contributed by atoms with Crippen LogP contribution in [0.5, 0.6) is 0 Å². The predicted octanol–water partition coefficient (Wildman–Crippen LogP) is 3.85. The molecule has 0 fully saturated rings. The maximum atomic E-state index is 12.0. The van der Waals surface area contributed by atoms with E-state index in [1.54, 1.807) is 12.4 Å². The van der Waals surface area contributed by atoms with E-state index in [2.05, 4.69) is 27.4 Å². The van der Waals surface area contributed by atoms with E-state index in [0.29, 0.717) is 24.6 Å². The summed E-state index contributed by atoms with van der Waals surface area (Å²) in [6, 6.07) is 11.3. The zero-order valence-electron chi connectivity index (χ0n) is 14.1. The Labute approximate surface area is 146 Å². The topological polar surface area (TPSA) is 80.9 Å². The number of unbranched alkanes of at least 4 members (excludes halogenated alkanes) is 1. The maximum absolute atomic E-state index is 12.0. The third kappa shape index (κ3) is 4.50. The minimum Gasteiger partial charge on any atom is -0.339 e. The molecule has 1 N–H and O–H groups in total. The van der Waals surface area contributed by atoms with Crippen LogP contribution in [0, 0.1) is 0 Å². The van der Waals surface area contributed by atoms with Gasteiger partial charge in [-0.25, -0.2) is 0 Å². The Kier molecular flexibility index (Phi) is 5.51. The Morgan fingerprint density at radius 3 is 2.76 bits per heavy atom. The predicted molar refractivity (Wildman–Crippen MR) is 94.9 cm³/mol. The van der Waals surface area contributed by atoms with Crippen LogP contribution in [0.25, 0.3) is 11.4 Å². The molecular weight excluding hydrogens is 316 g/mol. The molecule has 0 spiro atoms. The van der Waals surface area contributed by atoms with Gasteiger partial charge in [-0.05, 0) is 30.2 Å². The number of rotatable bonds is 7. The summed E-state index contributed by atoms with van der Waals surface area (Å²) in [4.78, 5) is 20.4. The Balaban J connectivity index is 1.73. The largest absolute Gasteiger partial charge is 0.339 e. The lowest BCUT2D eigenvalue weighted by Crippen LogP contribution is -2.12. The Morgan fingerprint density at radius 1 is 1.16 bits per heavy atom. The molecule has 0 bridgehead atoms. The lowest BCUT2D eigenvalue weighted by atomic mass is 10.1. The molecule has 0 saturated heterocycles. The van der Waals surface area contributed by atoms with Crippen LogP contribution in [0.2, 0.25) is 0 Å². The van der Waals surface area contributed by atoms with Crippen molar-refractivity contribution in [1.82, 2.24) is 15.1 Å². The SMILES string of the molecule is CCCCC(=O)Nc1ccccc1Cc1nc(-c2ccncc2)no1. The lowest BCUT2D eigenvalue weighted by molar-refractivity contribution is -0.116. The molecule has 128 valence electrons. The highest BCUT2D eigenvalue weighted by atomic mass is 16.5. The second kappa shape index (κ2) is 8.19. The van der Waals surface area contributed by atoms with E-state index >= 15 is 0 Å². The molecule has 0 radical (unpaired) electrons. The number of pyridine rings is 1. The summed E-state index contributed by atoms with van der Waals surface area (Å²) in [6.45, 7) is 2.07. The third-order valence-corrected chi connectivity index (χ3v) is 3.80. The number of hydrogen-bond donors (Lipinski definition) is 1. The number of para-hydroxylation sites is 1. The summed E-state index contributed by atoms with van der Waals surface area (Å²) in [5.74, 6) is 1.06. The van der Waals surface area contributed by atoms with E-state index in [9.17, 15) is 4.79 Å². The van der Waals surface area contributed by atoms with E-state index in [0.717, 1.165) is 29.7 Å². The van der Waals surface area contributed by atoms with Crippen LogP contribution in [-0.4, -0.2) is 21.0 Å². The van der Waals surface area contributed by atoms with Crippen molar-refractivity contribution in [2.24, 2.45) is 0 Å². The van der Waals surface area contributed by atoms with Crippen molar-refractivity contribution in [3.8, 4) is 11.4 Å². The van der Waals surface area contributed by atoms with Crippen molar-refractivity contribution in [1.29, 1.82) is 0 Å². The molecule has 0 aliphatic heterocycles. The van der Waals surface area contributed by atoms with Crippen LogP contribution < -0.4 is 5.32 Å². The second-order valence-electron chi connectivity index (χ2n) is 5.73. The van der Waals surface area contributed by atoms with Gasteiger partial charge in [0.1, 0.15) is 0 Å². The van der Waals surface area contributed by atoms with Gasteiger partial charge in [0.15, 0.2) is 0 Å². The van der Waals surface area contributed by atoms with Gasteiger partial charge >= 0.3 is 0 Å². The summed E-state index contributed by atoms with van der Waals surface area (Å²) in [5, 5.41) is 6.98. The van der Waals surface area contributed by atoms with Gasteiger partial charge in [0.25, 0.3) is 0 Å². The van der Waals surface area contributed by atoms with E-state index in [1.165, 1.54) is 0 Å². The summed E-state index contributed by atoms with van der Waals surface area (Å²) in [7, 11) is 0. The van der Waals surface area contributed by atoms with Gasteiger partial charge in [-0.1, -0.05) is 36.7 Å². The fourth-order valence-corrected chi connectivity index (χ4v) is 2.45. The highest BCUT2D eigenvalue weighted by Gasteiger charge is 2.12. The highest BCUT2D eigenvalue weighted by molar-refractivity contribution is 5.91. The molecule has 6 heteroatoms. The van der Waals surface area contributed by atoms with E-state index in [-0.39, 0.29) is 5.91 Å². The number of carbonyl (C=O) groups excluding carboxylic acids is 1. The Hall–Kier alpha value is -3.02. The number of anilines is 1. The minimum atomic E-state index is 0.0253. The third-order valence-electron chi connectivity index (χ3n) is 3.80. The summed E-state index contributed by atoms with van der Waals surface area (Å²) in [5.41, 5.74) is 2.58. The standard InChI is InChI=1S/C19H20N4O2/c1-2-3-8-17(24)21-16-7-5-4-6-15(16)13-18-22-19(23-25-18)14-9-11-20-12-10-14/h4-7,9-12H,2-3,8,13H2,1H3,(H,21,24). The first kappa shape index (κ1) is 16.8. The van der Waals surface area contributed by atoms with Crippen molar-refractivity contribution >= 4 is 11.6 Å². The molecule has 3 aromatic rings. The van der Waals surface area contributed by atoms with E-state index in [1.807, 2.05) is 36.4 Å². The van der Waals surface area contributed by atoms with Crippen molar-refractivity contribution in [2.45, 2.75) is 32.6 Å². The number of carbonyl (C=O) groups is 1. The lowest BCUT2D eigenvalue weighted by Gasteiger charge is -2.09. The van der Waals surface area contributed by atoms with E-state index in [4.69, 9.17) is 4.52 Å². The van der Waals surface area contributed by atoms with Crippen LogP contribution in [0.1, 0.15) is 37.6 Å². The molecule has 3 rings (SSSR count). The maximum Gasteiger partial charge on any atom is 0.231 e. The van der Waals surface area contributed by atoms with Gasteiger partial charge in [-0.15, -0.1) is 0 Å². The molecule has 2 heterocycles. The zero-order valence-corrected chi connectivity index (χ0v) is 14.1. The summed E-state index contributed by atoms with van der Waals surface area (Å²) in [6.07, 6.45) is 6.24. The van der Waals surface area contributed by atoms with Gasteiger partial charge in [-0.3, -0.25) is 9.78 Å². The molecule has 1 amide bonds. The highest BCUT2D eigenvalue weighted by Crippen LogP contribution is 2.21. The molecule has 6 nitrogen and oxygen atoms in total. The van der Waals surface area contributed by atoms with Crippen LogP contribution in [0.15, 0.2) is 53.3 Å². The first-order valence-corrected chi connectivity index (χ1v) is 8.37. The van der Waals surface area contributed by atoms with Crippen molar-refractivity contribution < 1.29 is 9.32 Å². The number of nitrogens with zero attached hydrogens (tertiary/aromatic N) is 3. The molecule has 1 aromatic carbocycles. The van der Waals surface area contributed by atoms with Gasteiger partial charge in [0.2, 0.25) is 17.6 Å². The smallest absolute Gasteiger partial charge is 0.231 e. The van der Waals surface area contributed by atoms with Crippen molar-refractivity contribution in [2.75, 3.05) is 5.32 Å². The molecule has 0 aliphatic rings. The molecule has 0 atom stereocenters. The second-order valence-corrected chi connectivity index (χ2v) is 5.73. The number of amides is 1. The van der Waals surface area contributed by atoms with Gasteiger partial charge < -0.3 is 9.84 Å². The molecule has 0 aliphatic carbocycles. The monoisotopic (exact) mass is 336 g/mol. The summed E-state index contributed by atoms with van der Waals surface area (Å²) < 4.78 is 5.35. The number of nitrogens with one attached hydrogen (secondary N) is 1. The minimum absolute atomic E-state index is 0.0253. The first-order chi connectivity index (χ1) is 12.3. The number of hydrogen-bond acceptors (Lipinski definition) is 5. The quantitative estimate of drug-likeness (QED) is 0.709. The van der Waals surface area contributed by atoms with Gasteiger partial charge in [-0.2, -0.15) is 4.98 Å². The normalized spacial score (nSPS) is 10.6. The molecule has 0 saturated carbocycles. The Morgan fingerprint density at radius 2 is 1.96 bits per heavy atom. The molecule has 2 aromatic heterocycles. The van der Waals surface area contributed by atoms with Gasteiger partial charge in [0, 0.05) is 30.1 Å². The first-order valence-electron chi connectivity index (χ1n) is 8.37. The van der Waals surface area contributed by atoms with Crippen molar-refractivity contribution in [3.63, 3.8) is 0 Å². The average Bonchev–Trinajstić information content (AvgIpc) is 3.11. The fraction of sp³-hybridized carbons (Fsp3) is 0.263. The van der Waals surface area contributed by atoms with Crippen LogP contribution in [0.3, 0.4) is 0 Å². The molecule has 25 heavy (non-hydrogen) atoms. The Bertz CT molecular complexity index is 830. The number of benzene rings is 1. The number of aromatic nitrogens is 3. The van der Waals surface area contributed by atoms with Crippen LogP contribution in [0.4, 0.5) is 5.69 Å². The fourth-order valence-electron chi connectivity index (χ4n) is 2.45. The molecular formula is C19H20N4O2. The van der Waals surface area contributed by atoms with Crippen LogP contribution >= 0.6 is 0 Å². The molecule has 0 unspecified atom stereocenters. The van der Waals surface area contributed by atoms with Crippen molar-refractivity contribution in [3.05, 3.63) is 60.2 Å². The van der Waals surface area contributed by atoms with E-state index < -0.39 is 0 Å². The summed E-state index contributed by atoms with van der Waals surface area (Å²) >= 11 is 0. The average molecular weight is 336 g/mol.